The molecule has 0 radical (unpaired) electrons. The van der Waals surface area contributed by atoms with Gasteiger partial charge in [-0.3, -0.25) is 0 Å². The van der Waals surface area contributed by atoms with Crippen molar-refractivity contribution in [3.63, 3.8) is 0 Å². The molecule has 0 heteroatoms. The van der Waals surface area contributed by atoms with Crippen molar-refractivity contribution in [2.24, 2.45) is 0 Å². The summed E-state index contributed by atoms with van der Waals surface area (Å²) in [5.41, 5.74) is 5.57. The zero-order chi connectivity index (χ0) is 14.4. The molecule has 0 atom stereocenters. The van der Waals surface area contributed by atoms with Gasteiger partial charge in [0.2, 0.25) is 0 Å². The highest BCUT2D eigenvalue weighted by Crippen LogP contribution is 2.47. The van der Waals surface area contributed by atoms with Crippen LogP contribution in [0.1, 0.15) is 95.2 Å². The Labute approximate surface area is 125 Å². The SMILES string of the molecule is CC1(C)CCC(C)(C)c2cc(C3CCCCC3)ccc21. The highest BCUT2D eigenvalue weighted by molar-refractivity contribution is 5.44. The Kier molecular flexibility index (Phi) is 3.47. The summed E-state index contributed by atoms with van der Waals surface area (Å²) in [6.45, 7) is 9.71. The average molecular weight is 270 g/mol. The normalized spacial score (nSPS) is 25.2. The van der Waals surface area contributed by atoms with Crippen molar-refractivity contribution in [3.05, 3.63) is 34.9 Å². The second-order valence-corrected chi connectivity index (χ2v) is 8.41. The van der Waals surface area contributed by atoms with Crippen LogP contribution in [0.3, 0.4) is 0 Å². The molecule has 0 aliphatic heterocycles. The number of fused-ring (bicyclic) bond motifs is 1. The van der Waals surface area contributed by atoms with Gasteiger partial charge in [-0.2, -0.15) is 0 Å². The fourth-order valence-electron chi connectivity index (χ4n) is 4.30. The first-order valence-electron chi connectivity index (χ1n) is 8.55. The van der Waals surface area contributed by atoms with E-state index >= 15 is 0 Å². The molecule has 3 rings (SSSR count). The van der Waals surface area contributed by atoms with Gasteiger partial charge in [0, 0.05) is 0 Å². The molecule has 20 heavy (non-hydrogen) atoms. The first-order chi connectivity index (χ1) is 9.40. The molecular formula is C20H30. The maximum atomic E-state index is 2.58. The third-order valence-electron chi connectivity index (χ3n) is 5.95. The van der Waals surface area contributed by atoms with Crippen LogP contribution in [-0.4, -0.2) is 0 Å². The third kappa shape index (κ3) is 2.43. The first-order valence-corrected chi connectivity index (χ1v) is 8.55. The van der Waals surface area contributed by atoms with Gasteiger partial charge >= 0.3 is 0 Å². The molecule has 1 fully saturated rings. The lowest BCUT2D eigenvalue weighted by Crippen LogP contribution is -2.34. The summed E-state index contributed by atoms with van der Waals surface area (Å²) in [4.78, 5) is 0. The van der Waals surface area contributed by atoms with Gasteiger partial charge in [0.25, 0.3) is 0 Å². The van der Waals surface area contributed by atoms with E-state index in [1.165, 1.54) is 44.9 Å². The molecule has 0 aromatic heterocycles. The van der Waals surface area contributed by atoms with E-state index in [9.17, 15) is 0 Å². The second-order valence-electron chi connectivity index (χ2n) is 8.41. The summed E-state index contributed by atoms with van der Waals surface area (Å²) in [5, 5.41) is 0. The molecule has 2 aliphatic rings. The topological polar surface area (TPSA) is 0 Å². The van der Waals surface area contributed by atoms with Gasteiger partial charge in [-0.1, -0.05) is 65.2 Å². The van der Waals surface area contributed by atoms with Crippen molar-refractivity contribution in [1.29, 1.82) is 0 Å². The fraction of sp³-hybridized carbons (Fsp3) is 0.700. The molecule has 0 spiro atoms. The zero-order valence-electron chi connectivity index (χ0n) is 13.8. The lowest BCUT2D eigenvalue weighted by atomic mass is 9.62. The summed E-state index contributed by atoms with van der Waals surface area (Å²) >= 11 is 0. The van der Waals surface area contributed by atoms with E-state index in [4.69, 9.17) is 0 Å². The number of hydrogen-bond donors (Lipinski definition) is 0. The van der Waals surface area contributed by atoms with E-state index in [-0.39, 0.29) is 0 Å². The predicted molar refractivity (Wildman–Crippen MR) is 87.6 cm³/mol. The van der Waals surface area contributed by atoms with Crippen molar-refractivity contribution < 1.29 is 0 Å². The summed E-state index contributed by atoms with van der Waals surface area (Å²) < 4.78 is 0. The van der Waals surface area contributed by atoms with Crippen LogP contribution in [0, 0.1) is 0 Å². The summed E-state index contributed by atoms with van der Waals surface area (Å²) in [5.74, 6) is 0.829. The van der Waals surface area contributed by atoms with Crippen molar-refractivity contribution >= 4 is 0 Å². The van der Waals surface area contributed by atoms with Gasteiger partial charge in [0.1, 0.15) is 0 Å². The standard InChI is InChI=1S/C20H30/c1-19(2)12-13-20(3,4)18-14-16(10-11-17(18)19)15-8-6-5-7-9-15/h10-11,14-15H,5-9,12-13H2,1-4H3. The maximum absolute atomic E-state index is 2.58. The Morgan fingerprint density at radius 1 is 0.800 bits per heavy atom. The van der Waals surface area contributed by atoms with Gasteiger partial charge in [-0.05, 0) is 59.1 Å². The molecule has 110 valence electrons. The Balaban J connectivity index is 2.01. The van der Waals surface area contributed by atoms with Crippen LogP contribution in [0.15, 0.2) is 18.2 Å². The molecule has 1 aromatic rings. The first kappa shape index (κ1) is 14.2. The average Bonchev–Trinajstić information content (AvgIpc) is 2.45. The van der Waals surface area contributed by atoms with E-state index in [1.807, 2.05) is 0 Å². The Bertz CT molecular complexity index is 487. The summed E-state index contributed by atoms with van der Waals surface area (Å²) in [6.07, 6.45) is 9.75. The van der Waals surface area contributed by atoms with E-state index in [0.717, 1.165) is 5.92 Å². The minimum atomic E-state index is 0.357. The van der Waals surface area contributed by atoms with Gasteiger partial charge < -0.3 is 0 Å². The highest BCUT2D eigenvalue weighted by atomic mass is 14.4. The second kappa shape index (κ2) is 4.90. The van der Waals surface area contributed by atoms with Crippen LogP contribution in [0.5, 0.6) is 0 Å². The molecule has 0 unspecified atom stereocenters. The number of benzene rings is 1. The third-order valence-corrected chi connectivity index (χ3v) is 5.95. The van der Waals surface area contributed by atoms with E-state index in [2.05, 4.69) is 45.9 Å². The van der Waals surface area contributed by atoms with Crippen molar-refractivity contribution in [1.82, 2.24) is 0 Å². The van der Waals surface area contributed by atoms with Gasteiger partial charge in [-0.15, -0.1) is 0 Å². The molecule has 1 aromatic carbocycles. The van der Waals surface area contributed by atoms with Crippen LogP contribution >= 0.6 is 0 Å². The quantitative estimate of drug-likeness (QED) is 0.580. The van der Waals surface area contributed by atoms with Gasteiger partial charge in [-0.25, -0.2) is 0 Å². The Morgan fingerprint density at radius 3 is 2.05 bits per heavy atom. The molecule has 0 N–H and O–H groups in total. The molecule has 0 bridgehead atoms. The van der Waals surface area contributed by atoms with Crippen LogP contribution < -0.4 is 0 Å². The van der Waals surface area contributed by atoms with Crippen molar-refractivity contribution in [2.45, 2.75) is 89.4 Å². The van der Waals surface area contributed by atoms with Crippen LogP contribution in [0.4, 0.5) is 0 Å². The largest absolute Gasteiger partial charge is 0.0584 e. The van der Waals surface area contributed by atoms with E-state index < -0.39 is 0 Å². The molecule has 2 aliphatic carbocycles. The van der Waals surface area contributed by atoms with Crippen LogP contribution in [0.25, 0.3) is 0 Å². The highest BCUT2D eigenvalue weighted by Gasteiger charge is 2.37. The lowest BCUT2D eigenvalue weighted by Gasteiger charge is -2.42. The van der Waals surface area contributed by atoms with Crippen LogP contribution in [0.2, 0.25) is 0 Å². The molecular weight excluding hydrogens is 240 g/mol. The molecule has 0 amide bonds. The minimum Gasteiger partial charge on any atom is -0.0584 e. The van der Waals surface area contributed by atoms with Gasteiger partial charge in [0.15, 0.2) is 0 Å². The molecule has 1 saturated carbocycles. The Morgan fingerprint density at radius 2 is 1.40 bits per heavy atom. The van der Waals surface area contributed by atoms with E-state index in [0.29, 0.717) is 10.8 Å². The molecule has 0 heterocycles. The van der Waals surface area contributed by atoms with Gasteiger partial charge in [0.05, 0.1) is 0 Å². The Hall–Kier alpha value is -0.780. The molecule has 0 nitrogen and oxygen atoms in total. The number of rotatable bonds is 1. The summed E-state index contributed by atoms with van der Waals surface area (Å²) in [7, 11) is 0. The summed E-state index contributed by atoms with van der Waals surface area (Å²) in [6, 6.07) is 7.48. The van der Waals surface area contributed by atoms with Crippen molar-refractivity contribution in [2.75, 3.05) is 0 Å². The maximum Gasteiger partial charge on any atom is -0.0100 e. The smallest absolute Gasteiger partial charge is 0.0100 e. The minimum absolute atomic E-state index is 0.357. The monoisotopic (exact) mass is 270 g/mol. The van der Waals surface area contributed by atoms with Crippen molar-refractivity contribution in [3.8, 4) is 0 Å². The molecule has 0 saturated heterocycles. The van der Waals surface area contributed by atoms with Crippen LogP contribution in [-0.2, 0) is 10.8 Å². The number of hydrogen-bond acceptors (Lipinski definition) is 0. The zero-order valence-corrected chi connectivity index (χ0v) is 13.8. The fourth-order valence-corrected chi connectivity index (χ4v) is 4.30. The predicted octanol–water partition coefficient (Wildman–Crippen LogP) is 6.08. The lowest BCUT2D eigenvalue weighted by molar-refractivity contribution is 0.331. The van der Waals surface area contributed by atoms with E-state index in [1.54, 1.807) is 16.7 Å².